The summed E-state index contributed by atoms with van der Waals surface area (Å²) in [6.07, 6.45) is -1.22. The number of rotatable bonds is 8. The third-order valence-electron chi connectivity index (χ3n) is 3.14. The van der Waals surface area contributed by atoms with Crippen molar-refractivity contribution in [1.29, 1.82) is 0 Å². The molecule has 4 nitrogen and oxygen atoms in total. The van der Waals surface area contributed by atoms with Gasteiger partial charge in [0.15, 0.2) is 0 Å². The van der Waals surface area contributed by atoms with Crippen molar-refractivity contribution in [3.05, 3.63) is 71.8 Å². The van der Waals surface area contributed by atoms with Crippen LogP contribution in [0.5, 0.6) is 0 Å². The van der Waals surface area contributed by atoms with E-state index in [2.05, 4.69) is 0 Å². The van der Waals surface area contributed by atoms with Crippen LogP contribution in [0.15, 0.2) is 60.7 Å². The molecule has 23 heavy (non-hydrogen) atoms. The van der Waals surface area contributed by atoms with E-state index in [9.17, 15) is 9.59 Å². The van der Waals surface area contributed by atoms with Crippen LogP contribution in [0.1, 0.15) is 17.5 Å². The van der Waals surface area contributed by atoms with Crippen molar-refractivity contribution in [2.24, 2.45) is 0 Å². The molecule has 0 heterocycles. The maximum Gasteiger partial charge on any atom is 0.309 e. The van der Waals surface area contributed by atoms with Crippen LogP contribution in [0.2, 0.25) is 0 Å². The standard InChI is InChI=1S/C18H17ClO4/c19-18(21)16(22-12-14-7-3-1-4-8-14)11-17(20)23-13-15-9-5-2-6-10-15/h1-10,16H,11-13H2. The Balaban J connectivity index is 1.81. The molecule has 0 radical (unpaired) electrons. The molecule has 0 saturated heterocycles. The average Bonchev–Trinajstić information content (AvgIpc) is 2.58. The van der Waals surface area contributed by atoms with Crippen LogP contribution >= 0.6 is 11.6 Å². The summed E-state index contributed by atoms with van der Waals surface area (Å²) >= 11 is 5.50. The second kappa shape index (κ2) is 9.08. The maximum atomic E-state index is 11.8. The van der Waals surface area contributed by atoms with E-state index in [0.29, 0.717) is 0 Å². The fourth-order valence-electron chi connectivity index (χ4n) is 1.92. The van der Waals surface area contributed by atoms with Crippen molar-refractivity contribution in [1.82, 2.24) is 0 Å². The highest BCUT2D eigenvalue weighted by atomic mass is 35.5. The first-order chi connectivity index (χ1) is 11.1. The Morgan fingerprint density at radius 3 is 1.91 bits per heavy atom. The predicted molar refractivity (Wildman–Crippen MR) is 86.7 cm³/mol. The van der Waals surface area contributed by atoms with Gasteiger partial charge in [0.05, 0.1) is 13.0 Å². The zero-order valence-corrected chi connectivity index (χ0v) is 13.2. The van der Waals surface area contributed by atoms with Crippen LogP contribution < -0.4 is 0 Å². The van der Waals surface area contributed by atoms with Gasteiger partial charge in [-0.05, 0) is 22.7 Å². The molecule has 0 N–H and O–H groups in total. The summed E-state index contributed by atoms with van der Waals surface area (Å²) in [5.41, 5.74) is 1.77. The number of halogens is 1. The molecule has 0 aliphatic rings. The molecule has 2 aromatic carbocycles. The van der Waals surface area contributed by atoms with E-state index in [-0.39, 0.29) is 19.6 Å². The molecule has 2 aromatic rings. The minimum atomic E-state index is -1.01. The van der Waals surface area contributed by atoms with Gasteiger partial charge >= 0.3 is 5.97 Å². The number of carbonyl (C=O) groups is 2. The monoisotopic (exact) mass is 332 g/mol. The molecule has 0 aromatic heterocycles. The zero-order valence-electron chi connectivity index (χ0n) is 12.5. The van der Waals surface area contributed by atoms with Crippen LogP contribution in [-0.4, -0.2) is 17.3 Å². The Morgan fingerprint density at radius 1 is 0.870 bits per heavy atom. The van der Waals surface area contributed by atoms with Gasteiger partial charge in [-0.2, -0.15) is 0 Å². The Bertz CT molecular complexity index is 628. The molecule has 0 aliphatic heterocycles. The predicted octanol–water partition coefficient (Wildman–Crippen LogP) is 3.47. The number of hydrogen-bond donors (Lipinski definition) is 0. The highest BCUT2D eigenvalue weighted by Crippen LogP contribution is 2.11. The first kappa shape index (κ1) is 17.2. The largest absolute Gasteiger partial charge is 0.461 e. The summed E-state index contributed by atoms with van der Waals surface area (Å²) in [6, 6.07) is 18.6. The molecule has 0 saturated carbocycles. The van der Waals surface area contributed by atoms with Crippen LogP contribution in [0.25, 0.3) is 0 Å². The Morgan fingerprint density at radius 2 is 1.39 bits per heavy atom. The minimum Gasteiger partial charge on any atom is -0.461 e. The van der Waals surface area contributed by atoms with E-state index in [1.165, 1.54) is 0 Å². The average molecular weight is 333 g/mol. The van der Waals surface area contributed by atoms with Crippen LogP contribution in [-0.2, 0) is 32.3 Å². The van der Waals surface area contributed by atoms with Crippen molar-refractivity contribution >= 4 is 22.8 Å². The van der Waals surface area contributed by atoms with E-state index >= 15 is 0 Å². The Hall–Kier alpha value is -2.17. The first-order valence-corrected chi connectivity index (χ1v) is 7.57. The second-order valence-corrected chi connectivity index (χ2v) is 5.31. The summed E-state index contributed by atoms with van der Waals surface area (Å²) in [5, 5.41) is -0.711. The molecular weight excluding hydrogens is 316 g/mol. The number of ether oxygens (including phenoxy) is 2. The lowest BCUT2D eigenvalue weighted by atomic mass is 10.2. The van der Waals surface area contributed by atoms with E-state index in [1.54, 1.807) is 0 Å². The highest BCUT2D eigenvalue weighted by molar-refractivity contribution is 6.64. The van der Waals surface area contributed by atoms with Gasteiger partial charge in [-0.1, -0.05) is 60.7 Å². The lowest BCUT2D eigenvalue weighted by Gasteiger charge is -2.13. The second-order valence-electron chi connectivity index (χ2n) is 4.94. The smallest absolute Gasteiger partial charge is 0.309 e. The SMILES string of the molecule is O=C(CC(OCc1ccccc1)C(=O)Cl)OCc1ccccc1. The fraction of sp³-hybridized carbons (Fsp3) is 0.222. The maximum absolute atomic E-state index is 11.8. The van der Waals surface area contributed by atoms with Crippen molar-refractivity contribution in [2.75, 3.05) is 0 Å². The van der Waals surface area contributed by atoms with E-state index < -0.39 is 17.3 Å². The summed E-state index contributed by atoms with van der Waals surface area (Å²) in [7, 11) is 0. The molecule has 1 unspecified atom stereocenters. The molecule has 0 aliphatic carbocycles. The zero-order chi connectivity index (χ0) is 16.5. The van der Waals surface area contributed by atoms with E-state index in [4.69, 9.17) is 21.1 Å². The first-order valence-electron chi connectivity index (χ1n) is 7.19. The van der Waals surface area contributed by atoms with Gasteiger partial charge in [0.1, 0.15) is 12.7 Å². The molecule has 120 valence electrons. The molecular formula is C18H17ClO4. The lowest BCUT2D eigenvalue weighted by Crippen LogP contribution is -2.25. The quantitative estimate of drug-likeness (QED) is 0.548. The third-order valence-corrected chi connectivity index (χ3v) is 3.39. The topological polar surface area (TPSA) is 52.6 Å². The number of hydrogen-bond acceptors (Lipinski definition) is 4. The summed E-state index contributed by atoms with van der Waals surface area (Å²) < 4.78 is 10.6. The Kier molecular flexibility index (Phi) is 6.78. The van der Waals surface area contributed by atoms with Gasteiger partial charge in [-0.3, -0.25) is 9.59 Å². The fourth-order valence-corrected chi connectivity index (χ4v) is 2.06. The molecule has 5 heteroatoms. The van der Waals surface area contributed by atoms with Crippen molar-refractivity contribution < 1.29 is 19.1 Å². The van der Waals surface area contributed by atoms with Gasteiger partial charge in [0.25, 0.3) is 5.24 Å². The van der Waals surface area contributed by atoms with Crippen molar-refractivity contribution in [3.63, 3.8) is 0 Å². The lowest BCUT2D eigenvalue weighted by molar-refractivity contribution is -0.150. The molecule has 0 fully saturated rings. The van der Waals surface area contributed by atoms with Crippen LogP contribution in [0.3, 0.4) is 0 Å². The van der Waals surface area contributed by atoms with Crippen molar-refractivity contribution in [2.45, 2.75) is 25.7 Å². The van der Waals surface area contributed by atoms with Gasteiger partial charge in [0, 0.05) is 0 Å². The molecule has 0 amide bonds. The molecule has 2 rings (SSSR count). The van der Waals surface area contributed by atoms with Crippen LogP contribution in [0.4, 0.5) is 0 Å². The number of esters is 1. The highest BCUT2D eigenvalue weighted by Gasteiger charge is 2.22. The Labute approximate surface area is 140 Å². The van der Waals surface area contributed by atoms with Gasteiger partial charge in [0.2, 0.25) is 0 Å². The third kappa shape index (κ3) is 6.22. The number of carbonyl (C=O) groups excluding carboxylic acids is 2. The van der Waals surface area contributed by atoms with E-state index in [0.717, 1.165) is 11.1 Å². The minimum absolute atomic E-state index is 0.154. The van der Waals surface area contributed by atoms with E-state index in [1.807, 2.05) is 60.7 Å². The number of benzene rings is 2. The normalized spacial score (nSPS) is 11.7. The summed E-state index contributed by atoms with van der Waals surface area (Å²) in [4.78, 5) is 23.2. The van der Waals surface area contributed by atoms with Crippen molar-refractivity contribution in [3.8, 4) is 0 Å². The summed E-state index contributed by atoms with van der Waals surface area (Å²) in [6.45, 7) is 0.359. The van der Waals surface area contributed by atoms with Crippen LogP contribution in [0, 0.1) is 0 Å². The molecule has 0 spiro atoms. The molecule has 1 atom stereocenters. The van der Waals surface area contributed by atoms with Gasteiger partial charge in [-0.15, -0.1) is 0 Å². The summed E-state index contributed by atoms with van der Waals surface area (Å²) in [5.74, 6) is -0.527. The van der Waals surface area contributed by atoms with Gasteiger partial charge in [-0.25, -0.2) is 0 Å². The molecule has 0 bridgehead atoms. The van der Waals surface area contributed by atoms with Gasteiger partial charge < -0.3 is 9.47 Å².